The fraction of sp³-hybridized carbons (Fsp3) is 0. The third-order valence-electron chi connectivity index (χ3n) is 23.5. The lowest BCUT2D eigenvalue weighted by Gasteiger charge is -2.13. The molecule has 25 rings (SSSR count). The quantitative estimate of drug-likeness (QED) is 0.122. The molecule has 5 heterocycles. The number of furan rings is 1. The largest absolute Gasteiger partial charge is 0.456 e. The van der Waals surface area contributed by atoms with Crippen molar-refractivity contribution in [1.82, 2.24) is 44.9 Å². The van der Waals surface area contributed by atoms with Crippen molar-refractivity contribution in [3.05, 3.63) is 419 Å². The summed E-state index contributed by atoms with van der Waals surface area (Å²) in [5, 5.41) is 24.1. The molecule has 0 fully saturated rings. The molecule has 0 radical (unpaired) electrons. The summed E-state index contributed by atoms with van der Waals surface area (Å²) >= 11 is 1.80. The first-order valence-electron chi connectivity index (χ1n) is 41.4. The molecule has 124 heavy (non-hydrogen) atoms. The number of fused-ring (bicyclic) bond motifs is 17. The molecule has 0 aliphatic heterocycles. The lowest BCUT2D eigenvalue weighted by atomic mass is 9.91. The van der Waals surface area contributed by atoms with Crippen LogP contribution < -0.4 is 0 Å². The average molecular weight is 1600 g/mol. The minimum atomic E-state index is 0.611. The van der Waals surface area contributed by atoms with Crippen LogP contribution >= 0.6 is 11.3 Å². The van der Waals surface area contributed by atoms with Gasteiger partial charge in [0.15, 0.2) is 52.4 Å². The van der Waals surface area contributed by atoms with Gasteiger partial charge in [0.2, 0.25) is 0 Å². The highest BCUT2D eigenvalue weighted by Gasteiger charge is 2.21. The second-order valence-corrected chi connectivity index (χ2v) is 32.2. The van der Waals surface area contributed by atoms with E-state index >= 15 is 0 Å². The zero-order valence-corrected chi connectivity index (χ0v) is 67.5. The maximum atomic E-state index is 6.16. The van der Waals surface area contributed by atoms with Crippen molar-refractivity contribution in [2.75, 3.05) is 0 Å². The first-order valence-corrected chi connectivity index (χ1v) is 42.3. The van der Waals surface area contributed by atoms with E-state index < -0.39 is 0 Å². The Morgan fingerprint density at radius 1 is 0.145 bits per heavy atom. The molecule has 0 unspecified atom stereocenters. The Morgan fingerprint density at radius 2 is 0.468 bits per heavy atom. The van der Waals surface area contributed by atoms with E-state index in [2.05, 4.69) is 303 Å². The van der Waals surface area contributed by atoms with E-state index in [1.807, 2.05) is 115 Å². The normalized spacial score (nSPS) is 11.5. The van der Waals surface area contributed by atoms with Gasteiger partial charge in [-0.25, -0.2) is 44.9 Å². The third-order valence-corrected chi connectivity index (χ3v) is 24.6. The molecule has 25 aromatic rings. The van der Waals surface area contributed by atoms with Crippen LogP contribution in [0.15, 0.2) is 423 Å². The van der Waals surface area contributed by atoms with E-state index in [0.29, 0.717) is 52.4 Å². The van der Waals surface area contributed by atoms with Crippen LogP contribution in [0.5, 0.6) is 0 Å². The van der Waals surface area contributed by atoms with Crippen LogP contribution in [0.1, 0.15) is 0 Å². The number of nitrogens with zero attached hydrogens (tertiary/aromatic N) is 9. The smallest absolute Gasteiger partial charge is 0.164 e. The lowest BCUT2D eigenvalue weighted by molar-refractivity contribution is 0.669. The van der Waals surface area contributed by atoms with E-state index in [1.54, 1.807) is 11.3 Å². The van der Waals surface area contributed by atoms with Gasteiger partial charge in [-0.05, 0) is 158 Å². The van der Waals surface area contributed by atoms with Crippen molar-refractivity contribution in [2.24, 2.45) is 0 Å². The van der Waals surface area contributed by atoms with Gasteiger partial charge in [0.05, 0.1) is 0 Å². The number of thiophene rings is 1. The highest BCUT2D eigenvalue weighted by atomic mass is 32.1. The second kappa shape index (κ2) is 31.0. The first kappa shape index (κ1) is 72.7. The average Bonchev–Trinajstić information content (AvgIpc) is 1.01. The Kier molecular flexibility index (Phi) is 18.2. The number of hydrogen-bond acceptors (Lipinski definition) is 11. The molecule has 0 saturated heterocycles. The molecule has 0 bridgehead atoms. The van der Waals surface area contributed by atoms with Crippen molar-refractivity contribution >= 4 is 140 Å². The Morgan fingerprint density at radius 3 is 1.04 bits per heavy atom. The number of aromatic nitrogens is 9. The fourth-order valence-corrected chi connectivity index (χ4v) is 18.5. The van der Waals surface area contributed by atoms with Gasteiger partial charge in [-0.2, -0.15) is 0 Å². The zero-order chi connectivity index (χ0) is 82.0. The van der Waals surface area contributed by atoms with Crippen molar-refractivity contribution in [3.8, 4) is 114 Å². The summed E-state index contributed by atoms with van der Waals surface area (Å²) in [6.07, 6.45) is 0. The van der Waals surface area contributed by atoms with Crippen LogP contribution in [-0.4, -0.2) is 44.9 Å². The van der Waals surface area contributed by atoms with Gasteiger partial charge < -0.3 is 4.42 Å². The first-order chi connectivity index (χ1) is 61.4. The Bertz CT molecular complexity index is 8210. The Balaban J connectivity index is 0.000000108. The lowest BCUT2D eigenvalue weighted by Crippen LogP contribution is -2.00. The topological polar surface area (TPSA) is 129 Å². The third kappa shape index (κ3) is 13.7. The van der Waals surface area contributed by atoms with Crippen LogP contribution in [0.25, 0.3) is 242 Å². The molecular weight excluding hydrogens is 1530 g/mol. The predicted octanol–water partition coefficient (Wildman–Crippen LogP) is 29.8. The molecular formula is C113H69N9OS. The molecule has 0 aliphatic carbocycles. The molecule has 0 saturated carbocycles. The molecule has 0 atom stereocenters. The molecule has 5 aromatic heterocycles. The SMILES string of the molecule is c1ccc(-c2nc(-c3ccc4c(ccc5ccccc54)c3)nc(-c3ccc4c(c3)oc3ccccc34)n2)cc1.c1ccc(-c2nc(-c3ccc4c(ccc5ccccc54)c3)nc(-c3ccc4c(c3)sc3ccccc34)n2)cc1.c1ccc(-c2nc(-c3ccc4ccccc4c3)nc(-c3cccc4cc(-c5cc6ccccc6c6ccccc56)ccc34)n2)cc1. The molecule has 11 heteroatoms. The number of benzene rings is 20. The minimum Gasteiger partial charge on any atom is -0.456 e. The van der Waals surface area contributed by atoms with E-state index in [4.69, 9.17) is 49.3 Å². The summed E-state index contributed by atoms with van der Waals surface area (Å²) in [5.74, 6) is 5.88. The summed E-state index contributed by atoms with van der Waals surface area (Å²) in [6.45, 7) is 0. The maximum absolute atomic E-state index is 6.16. The van der Waals surface area contributed by atoms with E-state index in [1.165, 1.54) is 95.9 Å². The molecule has 0 spiro atoms. The highest BCUT2D eigenvalue weighted by Crippen LogP contribution is 2.42. The highest BCUT2D eigenvalue weighted by molar-refractivity contribution is 7.25. The van der Waals surface area contributed by atoms with Gasteiger partial charge in [0.1, 0.15) is 11.2 Å². The number of para-hydroxylation sites is 1. The van der Waals surface area contributed by atoms with Gasteiger partial charge in [0, 0.05) is 81.0 Å². The summed E-state index contributed by atoms with van der Waals surface area (Å²) in [4.78, 5) is 44.8. The molecule has 0 N–H and O–H groups in total. The van der Waals surface area contributed by atoms with Gasteiger partial charge in [-0.3, -0.25) is 0 Å². The summed E-state index contributed by atoms with van der Waals surface area (Å²) < 4.78 is 8.67. The molecule has 578 valence electrons. The Labute approximate surface area is 716 Å². The fourth-order valence-electron chi connectivity index (χ4n) is 17.3. The van der Waals surface area contributed by atoms with E-state index in [-0.39, 0.29) is 0 Å². The molecule has 0 amide bonds. The Hall–Kier alpha value is -16.5. The maximum Gasteiger partial charge on any atom is 0.164 e. The summed E-state index contributed by atoms with van der Waals surface area (Å²) in [5.41, 5.74) is 12.7. The van der Waals surface area contributed by atoms with Gasteiger partial charge in [-0.1, -0.05) is 358 Å². The van der Waals surface area contributed by atoms with Crippen LogP contribution in [0.2, 0.25) is 0 Å². The van der Waals surface area contributed by atoms with Crippen LogP contribution in [-0.2, 0) is 0 Å². The summed E-state index contributed by atoms with van der Waals surface area (Å²) in [6, 6.07) is 146. The number of hydrogen-bond donors (Lipinski definition) is 0. The standard InChI is InChI=1S/C43H27N3.C35H21N3O.C35H21N3S/c1-2-12-29(13-3-1)41-44-42(34-22-21-28-11-4-5-14-30(28)25-34)46-43(45-41)39-20-10-16-31-26-33(23-24-36(31)39)40-27-32-15-6-7-17-35(32)37-18-8-9-19-38(37)40;2*1-2-9-23(10-3-1)33-36-34(25-16-18-28-24(20-25)15-14-22-8-4-5-11-27(22)28)38-35(37-33)26-17-19-30-29-12-6-7-13-31(29)39-32(30)21-26/h1-27H;2*1-21H. The molecule has 0 aliphatic rings. The van der Waals surface area contributed by atoms with Crippen molar-refractivity contribution in [1.29, 1.82) is 0 Å². The van der Waals surface area contributed by atoms with E-state index in [9.17, 15) is 0 Å². The van der Waals surface area contributed by atoms with Crippen LogP contribution in [0.4, 0.5) is 0 Å². The van der Waals surface area contributed by atoms with Gasteiger partial charge in [-0.15, -0.1) is 11.3 Å². The van der Waals surface area contributed by atoms with Crippen molar-refractivity contribution < 1.29 is 4.42 Å². The van der Waals surface area contributed by atoms with Crippen molar-refractivity contribution in [3.63, 3.8) is 0 Å². The molecule has 20 aromatic carbocycles. The van der Waals surface area contributed by atoms with Gasteiger partial charge >= 0.3 is 0 Å². The monoisotopic (exact) mass is 1600 g/mol. The number of rotatable bonds is 10. The molecule has 10 nitrogen and oxygen atoms in total. The van der Waals surface area contributed by atoms with Crippen LogP contribution in [0, 0.1) is 0 Å². The predicted molar refractivity (Wildman–Crippen MR) is 514 cm³/mol. The van der Waals surface area contributed by atoms with Gasteiger partial charge in [0.25, 0.3) is 0 Å². The van der Waals surface area contributed by atoms with Crippen LogP contribution in [0.3, 0.4) is 0 Å². The minimum absolute atomic E-state index is 0.611. The zero-order valence-electron chi connectivity index (χ0n) is 66.7. The van der Waals surface area contributed by atoms with E-state index in [0.717, 1.165) is 93.6 Å². The second-order valence-electron chi connectivity index (χ2n) is 31.1. The van der Waals surface area contributed by atoms with Crippen molar-refractivity contribution in [2.45, 2.75) is 0 Å². The summed E-state index contributed by atoms with van der Waals surface area (Å²) in [7, 11) is 0.